The highest BCUT2D eigenvalue weighted by molar-refractivity contribution is 9.10. The minimum Gasteiger partial charge on any atom is -0.379 e. The van der Waals surface area contributed by atoms with Crippen LogP contribution in [0, 0.1) is 0 Å². The van der Waals surface area contributed by atoms with E-state index < -0.39 is 10.0 Å². The highest BCUT2D eigenvalue weighted by Gasteiger charge is 2.27. The first-order valence-electron chi connectivity index (χ1n) is 9.44. The van der Waals surface area contributed by atoms with E-state index in [9.17, 15) is 8.42 Å². The zero-order valence-corrected chi connectivity index (χ0v) is 19.3. The summed E-state index contributed by atoms with van der Waals surface area (Å²) in [6.07, 6.45) is 0. The molecule has 1 fully saturated rings. The average Bonchev–Trinajstić information content (AvgIpc) is 3.10. The fourth-order valence-electron chi connectivity index (χ4n) is 3.33. The Hall–Kier alpha value is -1.39. The minimum absolute atomic E-state index is 0.289. The first-order chi connectivity index (χ1) is 14.0. The number of thioether (sulfide) groups is 1. The van der Waals surface area contributed by atoms with Crippen LogP contribution in [0.4, 0.5) is 0 Å². The highest BCUT2D eigenvalue weighted by Crippen LogP contribution is 2.29. The van der Waals surface area contributed by atoms with Crippen molar-refractivity contribution in [1.82, 2.24) is 13.9 Å². The molecule has 154 valence electrons. The largest absolute Gasteiger partial charge is 0.379 e. The lowest BCUT2D eigenvalue weighted by atomic mass is 10.2. The summed E-state index contributed by atoms with van der Waals surface area (Å²) in [4.78, 5) is 5.03. The molecule has 0 saturated carbocycles. The molecule has 0 aliphatic carbocycles. The molecule has 1 aliphatic heterocycles. The van der Waals surface area contributed by atoms with Gasteiger partial charge in [0, 0.05) is 29.9 Å². The van der Waals surface area contributed by atoms with Gasteiger partial charge in [-0.1, -0.05) is 39.8 Å². The van der Waals surface area contributed by atoms with Crippen molar-refractivity contribution >= 4 is 48.7 Å². The summed E-state index contributed by atoms with van der Waals surface area (Å²) < 4.78 is 35.9. The SMILES string of the molecule is CCn1c(SCc2ccc(Br)cc2)nc2cc(S(=O)(=O)N3CCOCC3)ccc21. The Balaban J connectivity index is 1.62. The third-order valence-electron chi connectivity index (χ3n) is 4.89. The molecule has 29 heavy (non-hydrogen) atoms. The predicted molar refractivity (Wildman–Crippen MR) is 119 cm³/mol. The lowest BCUT2D eigenvalue weighted by Crippen LogP contribution is -2.40. The summed E-state index contributed by atoms with van der Waals surface area (Å²) in [6.45, 7) is 4.49. The van der Waals surface area contributed by atoms with E-state index in [0.717, 1.165) is 27.4 Å². The van der Waals surface area contributed by atoms with Crippen LogP contribution in [-0.4, -0.2) is 48.6 Å². The van der Waals surface area contributed by atoms with Crippen molar-refractivity contribution < 1.29 is 13.2 Å². The first kappa shape index (κ1) is 20.9. The summed E-state index contributed by atoms with van der Waals surface area (Å²) in [7, 11) is -3.53. The van der Waals surface area contributed by atoms with Gasteiger partial charge in [-0.15, -0.1) is 0 Å². The number of benzene rings is 2. The number of imidazole rings is 1. The fraction of sp³-hybridized carbons (Fsp3) is 0.350. The Bertz CT molecular complexity index is 1110. The summed E-state index contributed by atoms with van der Waals surface area (Å²) in [6, 6.07) is 13.5. The third kappa shape index (κ3) is 4.39. The van der Waals surface area contributed by atoms with Crippen molar-refractivity contribution in [2.45, 2.75) is 29.3 Å². The quantitative estimate of drug-likeness (QED) is 0.481. The molecule has 2 aromatic carbocycles. The van der Waals surface area contributed by atoms with Gasteiger partial charge in [0.25, 0.3) is 0 Å². The van der Waals surface area contributed by atoms with Gasteiger partial charge < -0.3 is 9.30 Å². The van der Waals surface area contributed by atoms with Gasteiger partial charge in [-0.05, 0) is 42.8 Å². The van der Waals surface area contributed by atoms with Gasteiger partial charge in [-0.25, -0.2) is 13.4 Å². The van der Waals surface area contributed by atoms with Gasteiger partial charge >= 0.3 is 0 Å². The number of ether oxygens (including phenoxy) is 1. The van der Waals surface area contributed by atoms with E-state index in [1.807, 2.05) is 18.2 Å². The predicted octanol–water partition coefficient (Wildman–Crippen LogP) is 4.13. The number of hydrogen-bond donors (Lipinski definition) is 0. The first-order valence-corrected chi connectivity index (χ1v) is 12.7. The number of hydrogen-bond acceptors (Lipinski definition) is 5. The van der Waals surface area contributed by atoms with Crippen LogP contribution >= 0.6 is 27.7 Å². The number of halogens is 1. The van der Waals surface area contributed by atoms with Crippen LogP contribution in [0.15, 0.2) is 57.0 Å². The van der Waals surface area contributed by atoms with Crippen LogP contribution in [0.3, 0.4) is 0 Å². The second kappa shape index (κ2) is 8.77. The fourth-order valence-corrected chi connectivity index (χ4v) is 6.06. The Kier molecular flexibility index (Phi) is 6.31. The van der Waals surface area contributed by atoms with Crippen molar-refractivity contribution in [2.24, 2.45) is 0 Å². The molecule has 1 aromatic heterocycles. The maximum atomic E-state index is 13.0. The molecular formula is C20H22BrN3O3S2. The van der Waals surface area contributed by atoms with Crippen LogP contribution < -0.4 is 0 Å². The van der Waals surface area contributed by atoms with Crippen molar-refractivity contribution in [1.29, 1.82) is 0 Å². The van der Waals surface area contributed by atoms with Crippen molar-refractivity contribution in [3.63, 3.8) is 0 Å². The molecule has 0 spiro atoms. The van der Waals surface area contributed by atoms with Gasteiger partial charge in [0.05, 0.1) is 29.1 Å². The molecule has 4 rings (SSSR count). The normalized spacial score (nSPS) is 15.8. The Morgan fingerprint density at radius 1 is 1.14 bits per heavy atom. The van der Waals surface area contributed by atoms with Gasteiger partial charge in [0.15, 0.2) is 5.16 Å². The van der Waals surface area contributed by atoms with Gasteiger partial charge in [0.1, 0.15) is 0 Å². The average molecular weight is 496 g/mol. The summed E-state index contributed by atoms with van der Waals surface area (Å²) >= 11 is 5.11. The Labute approximate surface area is 183 Å². The smallest absolute Gasteiger partial charge is 0.243 e. The number of sulfonamides is 1. The number of fused-ring (bicyclic) bond motifs is 1. The number of morpholine rings is 1. The number of rotatable bonds is 6. The molecular weight excluding hydrogens is 474 g/mol. The summed E-state index contributed by atoms with van der Waals surface area (Å²) in [5.41, 5.74) is 2.87. The van der Waals surface area contributed by atoms with Crippen LogP contribution in [0.25, 0.3) is 11.0 Å². The highest BCUT2D eigenvalue weighted by atomic mass is 79.9. The number of nitrogens with zero attached hydrogens (tertiary/aromatic N) is 3. The molecule has 6 nitrogen and oxygen atoms in total. The van der Waals surface area contributed by atoms with E-state index >= 15 is 0 Å². The van der Waals surface area contributed by atoms with E-state index in [1.54, 1.807) is 23.9 Å². The van der Waals surface area contributed by atoms with E-state index in [-0.39, 0.29) is 4.90 Å². The van der Waals surface area contributed by atoms with E-state index in [1.165, 1.54) is 9.87 Å². The molecule has 0 bridgehead atoms. The number of aromatic nitrogens is 2. The van der Waals surface area contributed by atoms with E-state index in [2.05, 4.69) is 39.6 Å². The summed E-state index contributed by atoms with van der Waals surface area (Å²) in [5.74, 6) is 0.801. The van der Waals surface area contributed by atoms with Gasteiger partial charge in [-0.3, -0.25) is 0 Å². The topological polar surface area (TPSA) is 64.4 Å². The van der Waals surface area contributed by atoms with Crippen LogP contribution in [0.1, 0.15) is 12.5 Å². The van der Waals surface area contributed by atoms with Crippen molar-refractivity contribution in [3.8, 4) is 0 Å². The van der Waals surface area contributed by atoms with E-state index in [0.29, 0.717) is 31.8 Å². The second-order valence-corrected chi connectivity index (χ2v) is 10.5. The molecule has 0 amide bonds. The van der Waals surface area contributed by atoms with Crippen LogP contribution in [0.5, 0.6) is 0 Å². The maximum Gasteiger partial charge on any atom is 0.243 e. The zero-order valence-electron chi connectivity index (χ0n) is 16.0. The van der Waals surface area contributed by atoms with Crippen molar-refractivity contribution in [2.75, 3.05) is 26.3 Å². The Morgan fingerprint density at radius 2 is 1.86 bits per heavy atom. The molecule has 1 aliphatic rings. The third-order valence-corrected chi connectivity index (χ3v) is 8.36. The maximum absolute atomic E-state index is 13.0. The molecule has 0 radical (unpaired) electrons. The second-order valence-electron chi connectivity index (χ2n) is 6.72. The van der Waals surface area contributed by atoms with Crippen LogP contribution in [0.2, 0.25) is 0 Å². The summed E-state index contributed by atoms with van der Waals surface area (Å²) in [5, 5.41) is 0.895. The van der Waals surface area contributed by atoms with Crippen molar-refractivity contribution in [3.05, 3.63) is 52.5 Å². The molecule has 0 atom stereocenters. The molecule has 3 aromatic rings. The zero-order chi connectivity index (χ0) is 20.4. The molecule has 9 heteroatoms. The molecule has 2 heterocycles. The lowest BCUT2D eigenvalue weighted by molar-refractivity contribution is 0.0730. The Morgan fingerprint density at radius 3 is 2.55 bits per heavy atom. The lowest BCUT2D eigenvalue weighted by Gasteiger charge is -2.26. The number of aryl methyl sites for hydroxylation is 1. The molecule has 0 unspecified atom stereocenters. The minimum atomic E-state index is -3.53. The molecule has 0 N–H and O–H groups in total. The van der Waals surface area contributed by atoms with Gasteiger partial charge in [0.2, 0.25) is 10.0 Å². The van der Waals surface area contributed by atoms with Crippen LogP contribution in [-0.2, 0) is 27.1 Å². The standard InChI is InChI=1S/C20H22BrN3O3S2/c1-2-24-19-8-7-17(29(25,26)23-9-11-27-12-10-23)13-18(19)22-20(24)28-14-15-3-5-16(21)6-4-15/h3-8,13H,2,9-12,14H2,1H3. The van der Waals surface area contributed by atoms with E-state index in [4.69, 9.17) is 9.72 Å². The monoisotopic (exact) mass is 495 g/mol. The van der Waals surface area contributed by atoms with Gasteiger partial charge in [-0.2, -0.15) is 4.31 Å². The molecule has 1 saturated heterocycles.